The summed E-state index contributed by atoms with van der Waals surface area (Å²) in [7, 11) is 0. The van der Waals surface area contributed by atoms with Crippen LogP contribution in [0.5, 0.6) is 6.01 Å². The minimum Gasteiger partial charge on any atom is -0.461 e. The van der Waals surface area contributed by atoms with Crippen LogP contribution in [0.1, 0.15) is 85.8 Å². The Balaban J connectivity index is 1.15. The van der Waals surface area contributed by atoms with Gasteiger partial charge in [-0.3, -0.25) is 15.1 Å². The molecule has 13 nitrogen and oxygen atoms in total. The average molecular weight is 809 g/mol. The van der Waals surface area contributed by atoms with Crippen LogP contribution in [0.3, 0.4) is 0 Å². The number of carbonyl (C=O) groups is 2. The lowest BCUT2D eigenvalue weighted by Gasteiger charge is -2.47. The van der Waals surface area contributed by atoms with E-state index >= 15 is 8.78 Å². The quantitative estimate of drug-likeness (QED) is 0.212. The summed E-state index contributed by atoms with van der Waals surface area (Å²) >= 11 is 0.981. The number of benzene rings is 1. The number of ether oxygens (including phenoxy) is 3. The molecule has 1 N–H and O–H groups in total. The molecular formula is C40H47F3N8O5S. The molecule has 8 heterocycles. The van der Waals surface area contributed by atoms with Crippen LogP contribution in [0, 0.1) is 11.6 Å². The van der Waals surface area contributed by atoms with Gasteiger partial charge in [0, 0.05) is 25.1 Å². The summed E-state index contributed by atoms with van der Waals surface area (Å²) in [4.78, 5) is 51.4. The van der Waals surface area contributed by atoms with Gasteiger partial charge in [0.2, 0.25) is 0 Å². The zero-order valence-electron chi connectivity index (χ0n) is 33.0. The Kier molecular flexibility index (Phi) is 9.03. The predicted molar refractivity (Wildman–Crippen MR) is 209 cm³/mol. The number of hydrogen-bond donors (Lipinski definition) is 1. The highest BCUT2D eigenvalue weighted by molar-refractivity contribution is 7.22. The molecule has 1 aromatic carbocycles. The van der Waals surface area contributed by atoms with Gasteiger partial charge < -0.3 is 19.1 Å². The molecule has 5 aliphatic heterocycles. The SMILES string of the molecule is CC(C)(C)OC(=O)Nc1nc2c(F)ccc(-c3nc4c5c(nc(OC[C@@]67CCCN6C[C@H](F)C7)nc5c3F)N3C[C@H]5CC[C@@H]([C@H]3CC4)N5C(=O)OC(C)(C)C)c2s1. The highest BCUT2D eigenvalue weighted by Gasteiger charge is 2.52. The summed E-state index contributed by atoms with van der Waals surface area (Å²) in [6.07, 6.45) is 2.54. The third kappa shape index (κ3) is 6.77. The van der Waals surface area contributed by atoms with Crippen molar-refractivity contribution in [3.63, 3.8) is 0 Å². The molecule has 5 aliphatic rings. The minimum absolute atomic E-state index is 0.00207. The Morgan fingerprint density at radius 2 is 1.75 bits per heavy atom. The van der Waals surface area contributed by atoms with Crippen LogP contribution in [0.15, 0.2) is 12.1 Å². The van der Waals surface area contributed by atoms with Crippen LogP contribution in [-0.4, -0.2) is 109 Å². The molecule has 57 heavy (non-hydrogen) atoms. The zero-order valence-corrected chi connectivity index (χ0v) is 33.8. The maximum Gasteiger partial charge on any atom is 0.413 e. The molecule has 4 aromatic rings. The number of anilines is 2. The van der Waals surface area contributed by atoms with Gasteiger partial charge in [0.25, 0.3) is 0 Å². The van der Waals surface area contributed by atoms with E-state index in [1.807, 2.05) is 25.7 Å². The Hall–Kier alpha value is -4.51. The fraction of sp³-hybridized carbons (Fsp3) is 0.600. The smallest absolute Gasteiger partial charge is 0.413 e. The molecule has 2 bridgehead atoms. The number of aromatic nitrogens is 4. The van der Waals surface area contributed by atoms with Gasteiger partial charge in [0.15, 0.2) is 10.9 Å². The van der Waals surface area contributed by atoms with Crippen molar-refractivity contribution in [2.45, 2.75) is 128 Å². The van der Waals surface area contributed by atoms with Gasteiger partial charge in [-0.15, -0.1) is 0 Å². The summed E-state index contributed by atoms with van der Waals surface area (Å²) in [5, 5.41) is 3.11. The van der Waals surface area contributed by atoms with E-state index in [4.69, 9.17) is 29.2 Å². The highest BCUT2D eigenvalue weighted by atomic mass is 32.1. The number of carbonyl (C=O) groups excluding carboxylic acids is 2. The zero-order chi connectivity index (χ0) is 40.2. The Morgan fingerprint density at radius 3 is 2.53 bits per heavy atom. The minimum atomic E-state index is -0.957. The van der Waals surface area contributed by atoms with E-state index in [2.05, 4.69) is 20.1 Å². The van der Waals surface area contributed by atoms with Gasteiger partial charge in [-0.1, -0.05) is 11.3 Å². The predicted octanol–water partition coefficient (Wildman–Crippen LogP) is 7.78. The van der Waals surface area contributed by atoms with Gasteiger partial charge >= 0.3 is 18.2 Å². The molecule has 5 atom stereocenters. The molecule has 304 valence electrons. The number of nitrogens with zero attached hydrogens (tertiary/aromatic N) is 7. The lowest BCUT2D eigenvalue weighted by Crippen LogP contribution is -2.62. The van der Waals surface area contributed by atoms with E-state index in [9.17, 15) is 14.0 Å². The number of pyridine rings is 1. The fourth-order valence-electron chi connectivity index (χ4n) is 9.61. The molecule has 0 saturated carbocycles. The van der Waals surface area contributed by atoms with E-state index in [0.717, 1.165) is 43.6 Å². The van der Waals surface area contributed by atoms with E-state index in [1.165, 1.54) is 12.1 Å². The maximum atomic E-state index is 17.4. The number of aryl methyl sites for hydroxylation is 1. The second kappa shape index (κ2) is 13.5. The molecule has 4 saturated heterocycles. The van der Waals surface area contributed by atoms with Crippen molar-refractivity contribution in [3.8, 4) is 17.3 Å². The summed E-state index contributed by atoms with van der Waals surface area (Å²) in [5.41, 5.74) is -1.20. The maximum absolute atomic E-state index is 17.4. The van der Waals surface area contributed by atoms with Crippen LogP contribution in [0.25, 0.3) is 32.4 Å². The molecule has 0 spiro atoms. The topological polar surface area (TPSA) is 135 Å². The molecule has 4 fully saturated rings. The lowest BCUT2D eigenvalue weighted by molar-refractivity contribution is 0.00718. The van der Waals surface area contributed by atoms with Crippen molar-refractivity contribution in [1.29, 1.82) is 0 Å². The third-order valence-corrected chi connectivity index (χ3v) is 12.8. The average Bonchev–Trinajstić information content (AvgIpc) is 3.84. The number of hydrogen-bond acceptors (Lipinski definition) is 12. The van der Waals surface area contributed by atoms with Gasteiger partial charge in [-0.2, -0.15) is 9.97 Å². The highest BCUT2D eigenvalue weighted by Crippen LogP contribution is 2.47. The second-order valence-corrected chi connectivity index (χ2v) is 19.0. The Morgan fingerprint density at radius 1 is 0.965 bits per heavy atom. The normalized spacial score (nSPS) is 25.8. The molecule has 9 rings (SSSR count). The van der Waals surface area contributed by atoms with Gasteiger partial charge in [-0.05, 0) is 98.7 Å². The van der Waals surface area contributed by atoms with Crippen molar-refractivity contribution in [3.05, 3.63) is 29.5 Å². The van der Waals surface area contributed by atoms with E-state index in [1.54, 1.807) is 20.8 Å². The number of alkyl halides is 1. The first-order valence-electron chi connectivity index (χ1n) is 19.8. The molecule has 2 amide bonds. The van der Waals surface area contributed by atoms with Crippen molar-refractivity contribution < 1.29 is 37.0 Å². The summed E-state index contributed by atoms with van der Waals surface area (Å²) in [5.74, 6) is -0.914. The summed E-state index contributed by atoms with van der Waals surface area (Å²) in [6.45, 7) is 12.5. The number of thiazole rings is 1. The Labute approximate surface area is 332 Å². The monoisotopic (exact) mass is 808 g/mol. The van der Waals surface area contributed by atoms with Crippen LogP contribution in [-0.2, 0) is 15.9 Å². The molecule has 0 aliphatic carbocycles. The van der Waals surface area contributed by atoms with E-state index < -0.39 is 40.6 Å². The fourth-order valence-corrected chi connectivity index (χ4v) is 10.6. The van der Waals surface area contributed by atoms with Crippen LogP contribution >= 0.6 is 11.3 Å². The van der Waals surface area contributed by atoms with Crippen LogP contribution in [0.4, 0.5) is 33.7 Å². The number of piperazine rings is 1. The van der Waals surface area contributed by atoms with Crippen molar-refractivity contribution in [2.75, 3.05) is 36.5 Å². The number of halogens is 3. The molecule has 0 radical (unpaired) electrons. The van der Waals surface area contributed by atoms with E-state index in [0.29, 0.717) is 49.2 Å². The number of amides is 2. The number of nitrogens with one attached hydrogen (secondary N) is 1. The number of rotatable bonds is 5. The van der Waals surface area contributed by atoms with Crippen molar-refractivity contribution in [1.82, 2.24) is 29.7 Å². The molecule has 3 aromatic heterocycles. The first-order chi connectivity index (χ1) is 27.0. The van der Waals surface area contributed by atoms with Crippen LogP contribution in [0.2, 0.25) is 0 Å². The molecule has 0 unspecified atom stereocenters. The first-order valence-corrected chi connectivity index (χ1v) is 20.6. The Bertz CT molecular complexity index is 2300. The molecular weight excluding hydrogens is 762 g/mol. The standard InChI is InChI=1S/C40H47F3N8O5S/c1-38(2,3)55-36(52)48-35-46-30-23(42)10-9-22(32(30)57-35)29-28(43)31-27-24(44-29)11-13-25-26-12-8-21(51(26)37(53)56-39(4,5)6)18-50(25)33(27)47-34(45-31)54-19-40-14-7-15-49(40)17-20(41)16-40/h9-10,20-21,25-26H,7-8,11-19H2,1-6H3,(H,46,48,52)/t20-,21-,25-,26+,40+/m1/s1. The molecule has 17 heteroatoms. The third-order valence-electron chi connectivity index (χ3n) is 11.8. The van der Waals surface area contributed by atoms with Gasteiger partial charge in [0.1, 0.15) is 52.3 Å². The lowest BCUT2D eigenvalue weighted by atomic mass is 9.95. The van der Waals surface area contributed by atoms with Gasteiger partial charge in [0.05, 0.1) is 39.4 Å². The van der Waals surface area contributed by atoms with E-state index in [-0.39, 0.29) is 69.0 Å². The summed E-state index contributed by atoms with van der Waals surface area (Å²) < 4.78 is 65.3. The van der Waals surface area contributed by atoms with Gasteiger partial charge in [-0.25, -0.2) is 32.7 Å². The van der Waals surface area contributed by atoms with Crippen molar-refractivity contribution in [2.24, 2.45) is 0 Å². The first kappa shape index (κ1) is 38.0. The van der Waals surface area contributed by atoms with Crippen LogP contribution < -0.4 is 15.0 Å². The number of fused-ring (bicyclic) bond motifs is 7. The largest absolute Gasteiger partial charge is 0.461 e. The van der Waals surface area contributed by atoms with Crippen molar-refractivity contribution >= 4 is 55.6 Å². The summed E-state index contributed by atoms with van der Waals surface area (Å²) in [6, 6.07) is 2.11. The second-order valence-electron chi connectivity index (χ2n) is 18.0.